The van der Waals surface area contributed by atoms with E-state index in [1.165, 1.54) is 116 Å². The van der Waals surface area contributed by atoms with Crippen LogP contribution in [0, 0.1) is 0 Å². The van der Waals surface area contributed by atoms with Gasteiger partial charge in [-0.1, -0.05) is 239 Å². The summed E-state index contributed by atoms with van der Waals surface area (Å²) < 4.78 is 16.8. The summed E-state index contributed by atoms with van der Waals surface area (Å²) >= 11 is 0. The predicted octanol–water partition coefficient (Wildman–Crippen LogP) is 18.7. The lowest BCUT2D eigenvalue weighted by atomic mass is 10.1. The SMILES string of the molecule is CC\C=C/C=C\C=C/CCCCCCCCCC(=O)OCC(COC(=O)CCCCCCCCC/C=C\CCCCCCCCCC)OC(=O)CC/C=C\C/C=C\C/C=C\C/C=C\C/C=C\CC. The first-order valence-electron chi connectivity index (χ1n) is 27.9. The van der Waals surface area contributed by atoms with Crippen molar-refractivity contribution in [3.63, 3.8) is 0 Å². The normalized spacial score (nSPS) is 12.9. The van der Waals surface area contributed by atoms with Crippen LogP contribution in [0.25, 0.3) is 0 Å². The van der Waals surface area contributed by atoms with E-state index < -0.39 is 12.1 Å². The zero-order chi connectivity index (χ0) is 49.3. The quantitative estimate of drug-likeness (QED) is 0.0199. The van der Waals surface area contributed by atoms with Gasteiger partial charge in [-0.3, -0.25) is 14.4 Å². The minimum absolute atomic E-state index is 0.115. The summed E-state index contributed by atoms with van der Waals surface area (Å²) in [7, 11) is 0. The molecule has 1 atom stereocenters. The summed E-state index contributed by atoms with van der Waals surface area (Å²) in [5.41, 5.74) is 0. The lowest BCUT2D eigenvalue weighted by molar-refractivity contribution is -0.166. The molecule has 68 heavy (non-hydrogen) atoms. The molecule has 0 spiro atoms. The van der Waals surface area contributed by atoms with Crippen LogP contribution < -0.4 is 0 Å². The van der Waals surface area contributed by atoms with Gasteiger partial charge < -0.3 is 14.2 Å². The Morgan fingerprint density at radius 1 is 0.324 bits per heavy atom. The van der Waals surface area contributed by atoms with E-state index in [2.05, 4.69) is 118 Å². The van der Waals surface area contributed by atoms with E-state index in [1.807, 2.05) is 12.2 Å². The molecule has 0 aliphatic heterocycles. The first kappa shape index (κ1) is 64.1. The second-order valence-electron chi connectivity index (χ2n) is 18.1. The van der Waals surface area contributed by atoms with Crippen molar-refractivity contribution < 1.29 is 28.6 Å². The maximum atomic E-state index is 12.8. The molecule has 386 valence electrons. The zero-order valence-corrected chi connectivity index (χ0v) is 44.1. The van der Waals surface area contributed by atoms with Crippen molar-refractivity contribution in [2.75, 3.05) is 13.2 Å². The molecule has 0 aliphatic rings. The second kappa shape index (κ2) is 55.7. The molecule has 0 aromatic heterocycles. The summed E-state index contributed by atoms with van der Waals surface area (Å²) in [5, 5.41) is 0. The maximum Gasteiger partial charge on any atom is 0.306 e. The van der Waals surface area contributed by atoms with Crippen molar-refractivity contribution in [2.45, 2.75) is 252 Å². The van der Waals surface area contributed by atoms with Gasteiger partial charge in [0.05, 0.1) is 0 Å². The lowest BCUT2D eigenvalue weighted by Crippen LogP contribution is -2.30. The molecule has 0 aromatic carbocycles. The molecular weight excluding hydrogens is 841 g/mol. The molecule has 0 rings (SSSR count). The van der Waals surface area contributed by atoms with Gasteiger partial charge in [0, 0.05) is 19.3 Å². The van der Waals surface area contributed by atoms with Gasteiger partial charge in [0.15, 0.2) is 6.10 Å². The Morgan fingerprint density at radius 3 is 1.12 bits per heavy atom. The smallest absolute Gasteiger partial charge is 0.306 e. The highest BCUT2D eigenvalue weighted by atomic mass is 16.6. The molecule has 6 heteroatoms. The van der Waals surface area contributed by atoms with E-state index in [9.17, 15) is 14.4 Å². The minimum Gasteiger partial charge on any atom is -0.462 e. The molecule has 0 saturated heterocycles. The molecule has 0 amide bonds. The molecule has 6 nitrogen and oxygen atoms in total. The monoisotopic (exact) mass is 943 g/mol. The lowest BCUT2D eigenvalue weighted by Gasteiger charge is -2.18. The molecule has 0 heterocycles. The van der Waals surface area contributed by atoms with Crippen LogP contribution in [0.2, 0.25) is 0 Å². The number of hydrogen-bond acceptors (Lipinski definition) is 6. The van der Waals surface area contributed by atoms with Crippen LogP contribution in [0.4, 0.5) is 0 Å². The van der Waals surface area contributed by atoms with E-state index in [-0.39, 0.29) is 31.6 Å². The summed E-state index contributed by atoms with van der Waals surface area (Å²) in [4.78, 5) is 38.1. The van der Waals surface area contributed by atoms with Crippen molar-refractivity contribution >= 4 is 17.9 Å². The van der Waals surface area contributed by atoms with E-state index in [0.717, 1.165) is 83.5 Å². The summed E-state index contributed by atoms with van der Waals surface area (Å²) in [5.74, 6) is -1.02. The van der Waals surface area contributed by atoms with Crippen LogP contribution in [0.1, 0.15) is 245 Å². The number of hydrogen-bond donors (Lipinski definition) is 0. The van der Waals surface area contributed by atoms with Crippen LogP contribution in [-0.4, -0.2) is 37.2 Å². The van der Waals surface area contributed by atoms with Crippen molar-refractivity contribution in [1.82, 2.24) is 0 Å². The van der Waals surface area contributed by atoms with Gasteiger partial charge in [-0.2, -0.15) is 0 Å². The molecule has 1 unspecified atom stereocenters. The summed E-state index contributed by atoms with van der Waals surface area (Å²) in [6.45, 7) is 6.32. The number of allylic oxidation sites excluding steroid dienone is 18. The van der Waals surface area contributed by atoms with Crippen molar-refractivity contribution in [1.29, 1.82) is 0 Å². The molecule has 0 aliphatic carbocycles. The Morgan fingerprint density at radius 2 is 0.676 bits per heavy atom. The number of carbonyl (C=O) groups excluding carboxylic acids is 3. The van der Waals surface area contributed by atoms with Gasteiger partial charge in [0.25, 0.3) is 0 Å². The first-order chi connectivity index (χ1) is 33.5. The minimum atomic E-state index is -0.826. The Balaban J connectivity index is 4.49. The highest BCUT2D eigenvalue weighted by molar-refractivity contribution is 5.71. The topological polar surface area (TPSA) is 78.9 Å². The van der Waals surface area contributed by atoms with Crippen molar-refractivity contribution in [3.8, 4) is 0 Å². The predicted molar refractivity (Wildman–Crippen MR) is 293 cm³/mol. The average Bonchev–Trinajstić information content (AvgIpc) is 3.34. The third kappa shape index (κ3) is 53.0. The van der Waals surface area contributed by atoms with Gasteiger partial charge in [-0.15, -0.1) is 0 Å². The highest BCUT2D eigenvalue weighted by Crippen LogP contribution is 2.14. The summed E-state index contributed by atoms with van der Waals surface area (Å²) in [6, 6.07) is 0. The van der Waals surface area contributed by atoms with Gasteiger partial charge >= 0.3 is 17.9 Å². The molecule has 0 fully saturated rings. The molecule has 0 N–H and O–H groups in total. The fourth-order valence-corrected chi connectivity index (χ4v) is 7.43. The number of ether oxygens (including phenoxy) is 3. The number of unbranched alkanes of at least 4 members (excludes halogenated alkanes) is 22. The number of rotatable bonds is 49. The second-order valence-corrected chi connectivity index (χ2v) is 18.1. The fourth-order valence-electron chi connectivity index (χ4n) is 7.43. The zero-order valence-electron chi connectivity index (χ0n) is 44.1. The molecule has 0 saturated carbocycles. The van der Waals surface area contributed by atoms with Crippen LogP contribution in [0.15, 0.2) is 109 Å². The van der Waals surface area contributed by atoms with E-state index in [0.29, 0.717) is 19.3 Å². The molecule has 0 bridgehead atoms. The Labute approximate surface area is 419 Å². The van der Waals surface area contributed by atoms with Gasteiger partial charge in [0.1, 0.15) is 13.2 Å². The van der Waals surface area contributed by atoms with Gasteiger partial charge in [-0.05, 0) is 96.3 Å². The van der Waals surface area contributed by atoms with Crippen molar-refractivity contribution in [3.05, 3.63) is 109 Å². The number of carbonyl (C=O) groups is 3. The maximum absolute atomic E-state index is 12.8. The summed E-state index contributed by atoms with van der Waals surface area (Å²) in [6.07, 6.45) is 75.2. The fraction of sp³-hybridized carbons (Fsp3) is 0.661. The van der Waals surface area contributed by atoms with E-state index in [1.54, 1.807) is 0 Å². The molecular formula is C62H102O6. The average molecular weight is 943 g/mol. The largest absolute Gasteiger partial charge is 0.462 e. The van der Waals surface area contributed by atoms with Crippen LogP contribution in [0.5, 0.6) is 0 Å². The Bertz CT molecular complexity index is 1410. The van der Waals surface area contributed by atoms with Crippen LogP contribution in [-0.2, 0) is 28.6 Å². The third-order valence-corrected chi connectivity index (χ3v) is 11.6. The van der Waals surface area contributed by atoms with Gasteiger partial charge in [-0.25, -0.2) is 0 Å². The van der Waals surface area contributed by atoms with E-state index >= 15 is 0 Å². The third-order valence-electron chi connectivity index (χ3n) is 11.6. The Kier molecular flexibility index (Phi) is 52.4. The van der Waals surface area contributed by atoms with Crippen LogP contribution in [0.3, 0.4) is 0 Å². The molecule has 0 radical (unpaired) electrons. The standard InChI is InChI=1S/C62H102O6/c1-4-7-10-13-16-19-22-25-28-30-31-32-35-37-40-43-46-49-52-55-61(64)67-58-59(57-66-60(63)54-51-48-45-42-39-36-33-27-24-21-18-15-12-9-6-3)68-62(65)56-53-50-47-44-41-38-34-29-26-23-20-17-14-11-8-5-2/h8-9,11-12,15,17-18,20-21,24,26,29-31,38,41,47,50,59H,4-7,10,13-14,16,19,22-23,25,27-28,32-37,39-40,42-46,48-49,51-58H2,1-3H3/b11-8-,12-9-,18-15-,20-17-,24-21-,29-26-,31-30-,41-38-,50-47-. The van der Waals surface area contributed by atoms with Crippen LogP contribution >= 0.6 is 0 Å². The first-order valence-corrected chi connectivity index (χ1v) is 27.9. The molecule has 0 aromatic rings. The van der Waals surface area contributed by atoms with Gasteiger partial charge in [0.2, 0.25) is 0 Å². The van der Waals surface area contributed by atoms with E-state index in [4.69, 9.17) is 14.2 Å². The highest BCUT2D eigenvalue weighted by Gasteiger charge is 2.19. The Hall–Kier alpha value is -3.93. The van der Waals surface area contributed by atoms with Crippen molar-refractivity contribution in [2.24, 2.45) is 0 Å². The number of esters is 3.